The van der Waals surface area contributed by atoms with Crippen molar-refractivity contribution < 1.29 is 29.0 Å². The molecule has 0 amide bonds. The van der Waals surface area contributed by atoms with Crippen LogP contribution in [0.3, 0.4) is 0 Å². The number of hydrogen-bond acceptors (Lipinski definition) is 5. The first-order chi connectivity index (χ1) is 12.9. The van der Waals surface area contributed by atoms with Crippen molar-refractivity contribution in [1.29, 1.82) is 0 Å². The first-order valence-electron chi connectivity index (χ1n) is 9.24. The molecule has 6 nitrogen and oxygen atoms in total. The van der Waals surface area contributed by atoms with Crippen LogP contribution in [0.15, 0.2) is 18.2 Å². The molecule has 1 aromatic carbocycles. The number of benzene rings is 1. The monoisotopic (exact) mass is 394 g/mol. The molecule has 0 radical (unpaired) electrons. The fourth-order valence-corrected chi connectivity index (χ4v) is 4.45. The minimum Gasteiger partial charge on any atom is -0.480 e. The summed E-state index contributed by atoms with van der Waals surface area (Å²) in [5.41, 5.74) is 0.211. The zero-order valence-corrected chi connectivity index (χ0v) is 15.8. The van der Waals surface area contributed by atoms with Gasteiger partial charge in [0.25, 0.3) is 0 Å². The Morgan fingerprint density at radius 1 is 1.30 bits per heavy atom. The third-order valence-electron chi connectivity index (χ3n) is 5.44. The first-order valence-corrected chi connectivity index (χ1v) is 9.62. The van der Waals surface area contributed by atoms with E-state index in [0.717, 1.165) is 31.2 Å². The lowest BCUT2D eigenvalue weighted by molar-refractivity contribution is -0.178. The van der Waals surface area contributed by atoms with Crippen molar-refractivity contribution in [2.75, 3.05) is 6.61 Å². The molecular formula is C20H23ClO6. The number of carbonyl (C=O) groups is 3. The number of cyclic esters (lactones) is 1. The Morgan fingerprint density at radius 3 is 2.67 bits per heavy atom. The number of rotatable bonds is 7. The highest BCUT2D eigenvalue weighted by Gasteiger charge is 2.47. The molecule has 0 aromatic heterocycles. The predicted molar refractivity (Wildman–Crippen MR) is 97.9 cm³/mol. The van der Waals surface area contributed by atoms with Crippen molar-refractivity contribution in [2.45, 2.75) is 57.0 Å². The highest BCUT2D eigenvalue weighted by molar-refractivity contribution is 6.32. The summed E-state index contributed by atoms with van der Waals surface area (Å²) in [5, 5.41) is 9.02. The van der Waals surface area contributed by atoms with Crippen LogP contribution in [0.25, 0.3) is 0 Å². The van der Waals surface area contributed by atoms with Crippen LogP contribution in [-0.2, 0) is 25.5 Å². The first kappa shape index (κ1) is 19.7. The fourth-order valence-electron chi connectivity index (χ4n) is 4.19. The molecule has 1 N–H and O–H groups in total. The standard InChI is InChI=1S/C20H23ClO6/c21-16-9-13(5-6-17(16)26-12-18(23)24)7-8-20(14-3-1-2-4-14)11-15(22)10-19(25)27-20/h5-6,9,14H,1-4,7-8,10-12H2,(H,23,24). The number of carboxylic acid groups (broad SMARTS) is 1. The molecule has 27 heavy (non-hydrogen) atoms. The number of aliphatic carboxylic acids is 1. The lowest BCUT2D eigenvalue weighted by Gasteiger charge is -2.41. The van der Waals surface area contributed by atoms with E-state index in [1.54, 1.807) is 12.1 Å². The van der Waals surface area contributed by atoms with Gasteiger partial charge in [0, 0.05) is 6.42 Å². The van der Waals surface area contributed by atoms with Gasteiger partial charge in [0.15, 0.2) is 6.61 Å². The van der Waals surface area contributed by atoms with Gasteiger partial charge in [-0.3, -0.25) is 9.59 Å². The minimum atomic E-state index is -1.07. The molecule has 1 heterocycles. The normalized spacial score (nSPS) is 23.3. The van der Waals surface area contributed by atoms with E-state index in [0.29, 0.717) is 23.6 Å². The Balaban J connectivity index is 1.72. The van der Waals surface area contributed by atoms with Gasteiger partial charge in [-0.05, 0) is 49.3 Å². The van der Waals surface area contributed by atoms with Crippen LogP contribution in [0.2, 0.25) is 5.02 Å². The van der Waals surface area contributed by atoms with Gasteiger partial charge in [-0.1, -0.05) is 30.5 Å². The highest BCUT2D eigenvalue weighted by atomic mass is 35.5. The summed E-state index contributed by atoms with van der Waals surface area (Å²) in [6.07, 6.45) is 5.48. The van der Waals surface area contributed by atoms with Gasteiger partial charge < -0.3 is 14.6 Å². The van der Waals surface area contributed by atoms with E-state index in [1.807, 2.05) is 6.07 Å². The van der Waals surface area contributed by atoms with E-state index < -0.39 is 24.1 Å². The zero-order valence-electron chi connectivity index (χ0n) is 15.0. The van der Waals surface area contributed by atoms with E-state index in [-0.39, 0.29) is 24.5 Å². The molecule has 2 aliphatic rings. The lowest BCUT2D eigenvalue weighted by Crippen LogP contribution is -2.48. The average molecular weight is 395 g/mol. The Labute approximate surface area is 162 Å². The summed E-state index contributed by atoms with van der Waals surface area (Å²) in [6.45, 7) is -0.456. The molecule has 1 atom stereocenters. The Kier molecular flexibility index (Phi) is 6.05. The molecule has 1 unspecified atom stereocenters. The van der Waals surface area contributed by atoms with Crippen molar-refractivity contribution in [3.05, 3.63) is 28.8 Å². The number of hydrogen-bond donors (Lipinski definition) is 1. The second-order valence-electron chi connectivity index (χ2n) is 7.36. The van der Waals surface area contributed by atoms with Gasteiger partial charge in [0.2, 0.25) is 0 Å². The highest BCUT2D eigenvalue weighted by Crippen LogP contribution is 2.44. The molecule has 0 bridgehead atoms. The van der Waals surface area contributed by atoms with E-state index in [4.69, 9.17) is 26.2 Å². The maximum Gasteiger partial charge on any atom is 0.341 e. The second-order valence-corrected chi connectivity index (χ2v) is 7.77. The molecule has 2 fully saturated rings. The molecule has 1 aliphatic carbocycles. The molecule has 1 saturated heterocycles. The molecule has 1 saturated carbocycles. The number of ether oxygens (including phenoxy) is 2. The van der Waals surface area contributed by atoms with Crippen molar-refractivity contribution in [2.24, 2.45) is 5.92 Å². The number of esters is 1. The smallest absolute Gasteiger partial charge is 0.341 e. The van der Waals surface area contributed by atoms with Gasteiger partial charge in [0.05, 0.1) is 5.02 Å². The third-order valence-corrected chi connectivity index (χ3v) is 5.73. The number of aryl methyl sites for hydroxylation is 1. The summed E-state index contributed by atoms with van der Waals surface area (Å²) in [4.78, 5) is 34.7. The number of halogens is 1. The van der Waals surface area contributed by atoms with Gasteiger partial charge in [-0.2, -0.15) is 0 Å². The zero-order chi connectivity index (χ0) is 19.4. The van der Waals surface area contributed by atoms with Crippen molar-refractivity contribution in [3.63, 3.8) is 0 Å². The number of ketones is 1. The number of Topliss-reactive ketones (excluding diaryl/α,β-unsaturated/α-hetero) is 1. The SMILES string of the molecule is O=C(O)COc1ccc(CCC2(C3CCCC3)CC(=O)CC(=O)O2)cc1Cl. The molecule has 7 heteroatoms. The topological polar surface area (TPSA) is 89.9 Å². The molecule has 146 valence electrons. The summed E-state index contributed by atoms with van der Waals surface area (Å²) in [7, 11) is 0. The van der Waals surface area contributed by atoms with Crippen LogP contribution in [0.5, 0.6) is 5.75 Å². The predicted octanol–water partition coefficient (Wildman–Crippen LogP) is 3.57. The van der Waals surface area contributed by atoms with Crippen molar-refractivity contribution >= 4 is 29.3 Å². The van der Waals surface area contributed by atoms with Gasteiger partial charge in [0.1, 0.15) is 23.6 Å². The van der Waals surface area contributed by atoms with Gasteiger partial charge in [-0.25, -0.2) is 4.79 Å². The summed E-state index contributed by atoms with van der Waals surface area (Å²) >= 11 is 6.19. The quantitative estimate of drug-likeness (QED) is 0.561. The maximum atomic E-state index is 12.1. The van der Waals surface area contributed by atoms with E-state index >= 15 is 0 Å². The molecule has 3 rings (SSSR count). The van der Waals surface area contributed by atoms with E-state index in [9.17, 15) is 14.4 Å². The summed E-state index contributed by atoms with van der Waals surface area (Å²) in [6, 6.07) is 5.19. The lowest BCUT2D eigenvalue weighted by atomic mass is 9.76. The van der Waals surface area contributed by atoms with E-state index in [1.165, 1.54) is 0 Å². The summed E-state index contributed by atoms with van der Waals surface area (Å²) < 4.78 is 10.9. The maximum absolute atomic E-state index is 12.1. The van der Waals surface area contributed by atoms with Crippen molar-refractivity contribution in [1.82, 2.24) is 0 Å². The van der Waals surface area contributed by atoms with Gasteiger partial charge >= 0.3 is 11.9 Å². The Hall–Kier alpha value is -2.08. The van der Waals surface area contributed by atoms with Gasteiger partial charge in [-0.15, -0.1) is 0 Å². The Morgan fingerprint density at radius 2 is 2.04 bits per heavy atom. The number of carboxylic acids is 1. The average Bonchev–Trinajstić information content (AvgIpc) is 3.13. The molecule has 1 aromatic rings. The number of carbonyl (C=O) groups excluding carboxylic acids is 2. The van der Waals surface area contributed by atoms with Crippen LogP contribution in [-0.4, -0.2) is 35.0 Å². The third kappa shape index (κ3) is 4.80. The molecular weight excluding hydrogens is 372 g/mol. The second kappa shape index (κ2) is 8.30. The van der Waals surface area contributed by atoms with Crippen LogP contribution in [0.1, 0.15) is 50.5 Å². The molecule has 1 aliphatic heterocycles. The fraction of sp³-hybridized carbons (Fsp3) is 0.550. The van der Waals surface area contributed by atoms with Crippen LogP contribution < -0.4 is 4.74 Å². The van der Waals surface area contributed by atoms with Crippen LogP contribution in [0, 0.1) is 5.92 Å². The van der Waals surface area contributed by atoms with E-state index in [2.05, 4.69) is 0 Å². The van der Waals surface area contributed by atoms with Crippen molar-refractivity contribution in [3.8, 4) is 5.75 Å². The van der Waals surface area contributed by atoms with Crippen LogP contribution >= 0.6 is 11.6 Å². The van der Waals surface area contributed by atoms with Crippen LogP contribution in [0.4, 0.5) is 0 Å². The largest absolute Gasteiger partial charge is 0.480 e. The molecule has 0 spiro atoms. The Bertz CT molecular complexity index is 722. The minimum absolute atomic E-state index is 0.0476. The summed E-state index contributed by atoms with van der Waals surface area (Å²) in [5.74, 6) is -1.01.